The fourth-order valence-corrected chi connectivity index (χ4v) is 0.531. The van der Waals surface area contributed by atoms with Gasteiger partial charge in [0.05, 0.1) is 0 Å². The maximum absolute atomic E-state index is 10.2. The monoisotopic (exact) mass is 163 g/mol. The van der Waals surface area contributed by atoms with Gasteiger partial charge in [-0.05, 0) is 0 Å². The number of carboxylic acids is 2. The molecule has 0 aromatic rings. The van der Waals surface area contributed by atoms with Crippen molar-refractivity contribution in [1.29, 1.82) is 0 Å². The Hall–Kier alpha value is -1.14. The molecule has 0 aliphatic carbocycles. The number of methoxy groups -OCH3 is 1. The van der Waals surface area contributed by atoms with Crippen LogP contribution in [0.2, 0.25) is 0 Å². The predicted octanol–water partition coefficient (Wildman–Crippen LogP) is -1.50. The van der Waals surface area contributed by atoms with Crippen molar-refractivity contribution in [2.75, 3.05) is 7.11 Å². The highest BCUT2D eigenvalue weighted by atomic mass is 16.5. The van der Waals surface area contributed by atoms with Crippen LogP contribution in [-0.2, 0) is 14.3 Å². The summed E-state index contributed by atoms with van der Waals surface area (Å²) in [5.74, 6) is -2.79. The summed E-state index contributed by atoms with van der Waals surface area (Å²) in [7, 11) is 1.08. The molecule has 4 N–H and O–H groups in total. The van der Waals surface area contributed by atoms with Gasteiger partial charge in [-0.1, -0.05) is 0 Å². The Bertz CT molecular complexity index is 168. The van der Waals surface area contributed by atoms with Crippen molar-refractivity contribution in [3.8, 4) is 0 Å². The Morgan fingerprint density at radius 2 is 1.82 bits per heavy atom. The van der Waals surface area contributed by atoms with Crippen molar-refractivity contribution < 1.29 is 24.5 Å². The van der Waals surface area contributed by atoms with E-state index in [9.17, 15) is 9.59 Å². The van der Waals surface area contributed by atoms with E-state index in [1.165, 1.54) is 0 Å². The van der Waals surface area contributed by atoms with Crippen molar-refractivity contribution in [3.63, 3.8) is 0 Å². The zero-order valence-electron chi connectivity index (χ0n) is 5.85. The summed E-state index contributed by atoms with van der Waals surface area (Å²) in [6, 6.07) is -1.53. The van der Waals surface area contributed by atoms with Crippen molar-refractivity contribution in [3.05, 3.63) is 0 Å². The van der Waals surface area contributed by atoms with E-state index in [1.807, 2.05) is 0 Å². The van der Waals surface area contributed by atoms with E-state index < -0.39 is 24.1 Å². The number of ether oxygens (including phenoxy) is 1. The van der Waals surface area contributed by atoms with Crippen molar-refractivity contribution in [2.45, 2.75) is 12.1 Å². The number of carbonyl (C=O) groups is 2. The summed E-state index contributed by atoms with van der Waals surface area (Å²) in [5.41, 5.74) is 4.97. The molecule has 0 saturated carbocycles. The van der Waals surface area contributed by atoms with Crippen LogP contribution < -0.4 is 5.73 Å². The summed E-state index contributed by atoms with van der Waals surface area (Å²) in [6.45, 7) is 0. The first-order valence-electron chi connectivity index (χ1n) is 2.74. The van der Waals surface area contributed by atoms with Gasteiger partial charge >= 0.3 is 11.9 Å². The minimum absolute atomic E-state index is 1.08. The van der Waals surface area contributed by atoms with Crippen LogP contribution in [0.25, 0.3) is 0 Å². The summed E-state index contributed by atoms with van der Waals surface area (Å²) in [6.07, 6.45) is -1.49. The highest BCUT2D eigenvalue weighted by Crippen LogP contribution is 1.95. The summed E-state index contributed by atoms with van der Waals surface area (Å²) in [5, 5.41) is 16.6. The Morgan fingerprint density at radius 3 is 1.91 bits per heavy atom. The quantitative estimate of drug-likeness (QED) is 0.465. The van der Waals surface area contributed by atoms with Gasteiger partial charge in [0.15, 0.2) is 6.10 Å². The summed E-state index contributed by atoms with van der Waals surface area (Å²) < 4.78 is 4.33. The number of carboxylic acid groups (broad SMARTS) is 2. The average Bonchev–Trinajstić information content (AvgIpc) is 1.88. The molecule has 11 heavy (non-hydrogen) atoms. The van der Waals surface area contributed by atoms with Gasteiger partial charge in [0.1, 0.15) is 6.04 Å². The van der Waals surface area contributed by atoms with Gasteiger partial charge < -0.3 is 20.7 Å². The van der Waals surface area contributed by atoms with Crippen LogP contribution >= 0.6 is 0 Å². The maximum Gasteiger partial charge on any atom is 0.335 e. The highest BCUT2D eigenvalue weighted by Gasteiger charge is 2.30. The van der Waals surface area contributed by atoms with Crippen molar-refractivity contribution in [1.82, 2.24) is 0 Å². The molecule has 0 rings (SSSR count). The van der Waals surface area contributed by atoms with E-state index in [0.717, 1.165) is 7.11 Å². The van der Waals surface area contributed by atoms with E-state index in [2.05, 4.69) is 4.74 Å². The molecule has 0 spiro atoms. The second-order valence-corrected chi connectivity index (χ2v) is 1.86. The minimum Gasteiger partial charge on any atom is -0.480 e. The zero-order valence-corrected chi connectivity index (χ0v) is 5.85. The van der Waals surface area contributed by atoms with Crippen molar-refractivity contribution in [2.24, 2.45) is 5.73 Å². The van der Waals surface area contributed by atoms with Gasteiger partial charge in [0.25, 0.3) is 0 Å². The van der Waals surface area contributed by atoms with Gasteiger partial charge in [0, 0.05) is 7.11 Å². The molecule has 0 fully saturated rings. The molecule has 0 saturated heterocycles. The number of rotatable bonds is 4. The second kappa shape index (κ2) is 3.89. The first kappa shape index (κ1) is 9.86. The number of hydrogen-bond donors (Lipinski definition) is 3. The topological polar surface area (TPSA) is 110 Å². The van der Waals surface area contributed by atoms with Gasteiger partial charge in [-0.25, -0.2) is 4.79 Å². The van der Waals surface area contributed by atoms with Gasteiger partial charge in [-0.2, -0.15) is 0 Å². The van der Waals surface area contributed by atoms with Crippen LogP contribution in [0.4, 0.5) is 0 Å². The van der Waals surface area contributed by atoms with E-state index >= 15 is 0 Å². The van der Waals surface area contributed by atoms with E-state index in [0.29, 0.717) is 0 Å². The lowest BCUT2D eigenvalue weighted by Gasteiger charge is -2.13. The first-order valence-corrected chi connectivity index (χ1v) is 2.74. The molecule has 0 heterocycles. The third kappa shape index (κ3) is 2.52. The van der Waals surface area contributed by atoms with Crippen LogP contribution in [0, 0.1) is 0 Å². The van der Waals surface area contributed by atoms with E-state index in [4.69, 9.17) is 15.9 Å². The third-order valence-corrected chi connectivity index (χ3v) is 1.11. The third-order valence-electron chi connectivity index (χ3n) is 1.11. The van der Waals surface area contributed by atoms with Crippen molar-refractivity contribution >= 4 is 11.9 Å². The van der Waals surface area contributed by atoms with Gasteiger partial charge in [-0.15, -0.1) is 0 Å². The van der Waals surface area contributed by atoms with Crippen LogP contribution in [0.3, 0.4) is 0 Å². The fourth-order valence-electron chi connectivity index (χ4n) is 0.531. The van der Waals surface area contributed by atoms with E-state index in [-0.39, 0.29) is 0 Å². The fraction of sp³-hybridized carbons (Fsp3) is 0.600. The SMILES string of the molecule is CO[C@@H](C(=O)O)[C@@H](N)C(=O)O. The molecule has 0 aliphatic heterocycles. The lowest BCUT2D eigenvalue weighted by molar-refractivity contribution is -0.156. The molecule has 0 unspecified atom stereocenters. The van der Waals surface area contributed by atoms with E-state index in [1.54, 1.807) is 0 Å². The predicted molar refractivity (Wildman–Crippen MR) is 34.0 cm³/mol. The Kier molecular flexibility index (Phi) is 3.49. The molecular formula is C5H9NO5. The largest absolute Gasteiger partial charge is 0.480 e. The van der Waals surface area contributed by atoms with Crippen LogP contribution in [0.5, 0.6) is 0 Å². The second-order valence-electron chi connectivity index (χ2n) is 1.86. The molecule has 0 aromatic carbocycles. The average molecular weight is 163 g/mol. The summed E-state index contributed by atoms with van der Waals surface area (Å²) in [4.78, 5) is 20.3. The van der Waals surface area contributed by atoms with Crippen LogP contribution in [-0.4, -0.2) is 41.4 Å². The molecule has 6 heteroatoms. The first-order chi connectivity index (χ1) is 5.00. The molecule has 0 amide bonds. The highest BCUT2D eigenvalue weighted by molar-refractivity contribution is 5.84. The molecule has 0 bridgehead atoms. The van der Waals surface area contributed by atoms with Gasteiger partial charge in [0.2, 0.25) is 0 Å². The lowest BCUT2D eigenvalue weighted by atomic mass is 10.2. The Labute approximate surface area is 62.6 Å². The Balaban J connectivity index is 4.25. The molecule has 2 atom stereocenters. The lowest BCUT2D eigenvalue weighted by Crippen LogP contribution is -2.47. The Morgan fingerprint density at radius 1 is 1.36 bits per heavy atom. The molecule has 0 radical (unpaired) electrons. The number of aliphatic carboxylic acids is 2. The molecule has 64 valence electrons. The molecule has 0 aromatic heterocycles. The molecular weight excluding hydrogens is 154 g/mol. The smallest absolute Gasteiger partial charge is 0.335 e. The van der Waals surface area contributed by atoms with Crippen LogP contribution in [0.15, 0.2) is 0 Å². The summed E-state index contributed by atoms with van der Waals surface area (Å²) >= 11 is 0. The molecule has 6 nitrogen and oxygen atoms in total. The van der Waals surface area contributed by atoms with Gasteiger partial charge in [-0.3, -0.25) is 4.79 Å². The standard InChI is InChI=1S/C5H9NO5/c1-11-3(5(9)10)2(6)4(7)8/h2-3H,6H2,1H3,(H,7,8)(H,9,10)/t2-,3-/m1/s1. The minimum atomic E-state index is -1.53. The molecule has 0 aliphatic rings. The zero-order chi connectivity index (χ0) is 9.02. The van der Waals surface area contributed by atoms with Crippen LogP contribution in [0.1, 0.15) is 0 Å². The number of hydrogen-bond acceptors (Lipinski definition) is 4. The normalized spacial score (nSPS) is 15.5. The maximum atomic E-state index is 10.2. The number of nitrogens with two attached hydrogens (primary N) is 1.